The lowest BCUT2D eigenvalue weighted by atomic mass is 10.1. The number of carboxylic acid groups (broad SMARTS) is 1. The van der Waals surface area contributed by atoms with Crippen molar-refractivity contribution in [2.24, 2.45) is 40.9 Å². The number of anilines is 1. The van der Waals surface area contributed by atoms with E-state index in [9.17, 15) is 72.0 Å². The number of nitrogens with one attached hydrogen (secondary N) is 1. The molecule has 8 N–H and O–H groups in total. The van der Waals surface area contributed by atoms with Gasteiger partial charge in [-0.15, -0.1) is 10.2 Å². The summed E-state index contributed by atoms with van der Waals surface area (Å²) in [7, 11) is -20.2. The van der Waals surface area contributed by atoms with E-state index >= 15 is 0 Å². The molecule has 26 nitrogen and oxygen atoms in total. The van der Waals surface area contributed by atoms with Crippen molar-refractivity contribution in [2.75, 3.05) is 12.0 Å². The van der Waals surface area contributed by atoms with Gasteiger partial charge in [-0.3, -0.25) is 18.2 Å². The van der Waals surface area contributed by atoms with Crippen LogP contribution in [0.1, 0.15) is 32.6 Å². The minimum atomic E-state index is -5.15. The zero-order valence-corrected chi connectivity index (χ0v) is 44.9. The maximum Gasteiger partial charge on any atom is 0.339 e. The van der Waals surface area contributed by atoms with Crippen LogP contribution in [0.3, 0.4) is 0 Å². The fourth-order valence-corrected chi connectivity index (χ4v) is 10.4. The predicted molar refractivity (Wildman–Crippen MR) is 288 cm³/mol. The fraction of sp³-hybridized carbons (Fsp3) is 0.100. The van der Waals surface area contributed by atoms with Gasteiger partial charge in [-0.2, -0.15) is 64.4 Å². The summed E-state index contributed by atoms with van der Waals surface area (Å²) >= 11 is 0. The SMILES string of the molecule is Cc1cc(N=Nc2cc(C)c(N=Nc3c(S(=O)(=O)O)cc4cc(NCOc5ccc(O)c(C(=O)O)c5)ccc4c3O)cc2C)ccc1N=Nc1ccc(N=Nc2cc3c(S(=O)(=O)O)cc(S(=O)(=O)O)cc3cc2S(=O)(=O)O)c(C)c1. The van der Waals surface area contributed by atoms with Crippen molar-refractivity contribution >= 4 is 119 Å². The number of benzene rings is 8. The quantitative estimate of drug-likeness (QED) is 0.0238. The van der Waals surface area contributed by atoms with Gasteiger partial charge in [0.15, 0.2) is 12.5 Å². The summed E-state index contributed by atoms with van der Waals surface area (Å²) < 4.78 is 143. The number of phenols is 2. The van der Waals surface area contributed by atoms with Crippen molar-refractivity contribution in [3.63, 3.8) is 0 Å². The lowest BCUT2D eigenvalue weighted by Gasteiger charge is -2.13. The smallest absolute Gasteiger partial charge is 0.339 e. The van der Waals surface area contributed by atoms with Gasteiger partial charge in [-0.25, -0.2) is 4.79 Å². The number of azo groups is 4. The van der Waals surface area contributed by atoms with E-state index < -0.39 is 99.7 Å². The molecule has 0 unspecified atom stereocenters. The summed E-state index contributed by atoms with van der Waals surface area (Å²) in [5.41, 5.74) is 3.41. The predicted octanol–water partition coefficient (Wildman–Crippen LogP) is 12.4. The van der Waals surface area contributed by atoms with Gasteiger partial charge in [-0.05, 0) is 176 Å². The Balaban J connectivity index is 0.952. The molecular weight excluding hydrogens is 1130 g/mol. The summed E-state index contributed by atoms with van der Waals surface area (Å²) in [5, 5.41) is 66.3. The summed E-state index contributed by atoms with van der Waals surface area (Å²) in [6, 6.07) is 24.9. The first-order valence-electron chi connectivity index (χ1n) is 22.7. The van der Waals surface area contributed by atoms with Gasteiger partial charge in [-0.1, -0.05) is 0 Å². The molecule has 0 aliphatic heterocycles. The number of hydrogen-bond acceptors (Lipinski definition) is 21. The van der Waals surface area contributed by atoms with E-state index in [0.29, 0.717) is 62.8 Å². The second kappa shape index (κ2) is 22.0. The molecule has 0 amide bonds. The number of fused-ring (bicyclic) bond motifs is 2. The molecule has 0 aromatic heterocycles. The van der Waals surface area contributed by atoms with Crippen molar-refractivity contribution in [2.45, 2.75) is 47.3 Å². The number of nitrogens with zero attached hydrogens (tertiary/aromatic N) is 8. The van der Waals surface area contributed by atoms with Crippen LogP contribution >= 0.6 is 0 Å². The number of aryl methyl sites for hydroxylation is 4. The van der Waals surface area contributed by atoms with Crippen LogP contribution in [0.5, 0.6) is 17.2 Å². The zero-order valence-electron chi connectivity index (χ0n) is 41.6. The Bertz CT molecular complexity index is 4520. The van der Waals surface area contributed by atoms with E-state index in [4.69, 9.17) is 4.74 Å². The van der Waals surface area contributed by atoms with Crippen LogP contribution < -0.4 is 10.1 Å². The molecule has 8 rings (SSSR count). The molecule has 30 heteroatoms. The van der Waals surface area contributed by atoms with E-state index in [-0.39, 0.29) is 40.2 Å². The number of phenolic OH excluding ortho intramolecular Hbond substituents is 1. The first kappa shape index (κ1) is 57.2. The second-order valence-corrected chi connectivity index (χ2v) is 23.1. The topological polar surface area (TPSA) is 415 Å². The first-order chi connectivity index (χ1) is 37.4. The maximum atomic E-state index is 12.6. The normalized spacial score (nSPS) is 12.7. The van der Waals surface area contributed by atoms with Gasteiger partial charge in [0.25, 0.3) is 40.5 Å². The molecular formula is C50H41N9O17S4. The first-order valence-corrected chi connectivity index (χ1v) is 28.4. The Hall–Kier alpha value is -9.01. The molecule has 0 aliphatic rings. The Morgan fingerprint density at radius 2 is 0.988 bits per heavy atom. The second-order valence-electron chi connectivity index (χ2n) is 17.5. The molecule has 0 spiro atoms. The Kier molecular flexibility index (Phi) is 15.7. The molecule has 0 bridgehead atoms. The van der Waals surface area contributed by atoms with E-state index in [1.54, 1.807) is 70.2 Å². The van der Waals surface area contributed by atoms with E-state index in [1.807, 2.05) is 0 Å². The molecule has 0 aliphatic carbocycles. The van der Waals surface area contributed by atoms with E-state index in [1.165, 1.54) is 36.4 Å². The summed E-state index contributed by atoms with van der Waals surface area (Å²) in [5.74, 6) is -2.24. The molecule has 0 atom stereocenters. The number of rotatable bonds is 17. The van der Waals surface area contributed by atoms with Crippen LogP contribution in [0.4, 0.5) is 51.2 Å². The van der Waals surface area contributed by atoms with Gasteiger partial charge < -0.3 is 25.4 Å². The third-order valence-corrected chi connectivity index (χ3v) is 15.3. The van der Waals surface area contributed by atoms with Crippen LogP contribution in [0.25, 0.3) is 21.5 Å². The summed E-state index contributed by atoms with van der Waals surface area (Å²) in [4.78, 5) is 7.74. The number of carboxylic acids is 1. The maximum absolute atomic E-state index is 12.6. The van der Waals surface area contributed by atoms with Crippen molar-refractivity contribution in [3.05, 3.63) is 143 Å². The standard InChI is InChI=1S/C50H41N9O17S4/c1-25-13-33(6-10-39(25)54-52-32-7-11-40(26(2)14-32)55-58-43-23-37-30(19-46(43)79(70,71)72)18-35(77(64,65)66)22-45(37)78(67,68)69)53-56-41-15-28(4)42(16-27(41)3)57-59-48-47(80(73,74)75)20-29-17-31(5-9-36(29)49(48)61)51-24-76-34-8-12-44(60)38(21-34)50(62)63/h5-23,51,60-61H,24H2,1-4H3,(H,62,63)(H,64,65,66)(H,67,68,69)(H,70,71,72)(H,73,74,75). The van der Waals surface area contributed by atoms with Crippen molar-refractivity contribution in [1.82, 2.24) is 0 Å². The lowest BCUT2D eigenvalue weighted by Crippen LogP contribution is -2.09. The molecule has 0 radical (unpaired) electrons. The van der Waals surface area contributed by atoms with Crippen molar-refractivity contribution < 1.29 is 76.7 Å². The van der Waals surface area contributed by atoms with Gasteiger partial charge >= 0.3 is 5.97 Å². The third kappa shape index (κ3) is 12.9. The van der Waals surface area contributed by atoms with Crippen LogP contribution in [0, 0.1) is 27.7 Å². The Labute approximate surface area is 454 Å². The third-order valence-electron chi connectivity index (χ3n) is 11.8. The van der Waals surface area contributed by atoms with Gasteiger partial charge in [0.2, 0.25) is 0 Å². The summed E-state index contributed by atoms with van der Waals surface area (Å²) in [6.07, 6.45) is 0. The zero-order chi connectivity index (χ0) is 58.2. The van der Waals surface area contributed by atoms with Crippen LogP contribution in [0.15, 0.2) is 176 Å². The molecule has 412 valence electrons. The minimum Gasteiger partial charge on any atom is -0.507 e. The number of aromatic hydroxyl groups is 2. The number of ether oxygens (including phenoxy) is 1. The molecule has 0 fully saturated rings. The Morgan fingerprint density at radius 3 is 1.54 bits per heavy atom. The number of aromatic carboxylic acids is 1. The minimum absolute atomic E-state index is 0.139. The molecule has 0 saturated heterocycles. The van der Waals surface area contributed by atoms with Gasteiger partial charge in [0.05, 0.1) is 39.0 Å². The molecule has 80 heavy (non-hydrogen) atoms. The van der Waals surface area contributed by atoms with Gasteiger partial charge in [0.1, 0.15) is 43.1 Å². The van der Waals surface area contributed by atoms with Crippen LogP contribution in [-0.2, 0) is 40.5 Å². The van der Waals surface area contributed by atoms with E-state index in [0.717, 1.165) is 24.3 Å². The van der Waals surface area contributed by atoms with Crippen LogP contribution in [0.2, 0.25) is 0 Å². The number of hydrogen-bond donors (Lipinski definition) is 8. The average molecular weight is 1170 g/mol. The summed E-state index contributed by atoms with van der Waals surface area (Å²) in [6.45, 7) is 6.64. The molecule has 0 heterocycles. The van der Waals surface area contributed by atoms with Crippen LogP contribution in [-0.4, -0.2) is 79.9 Å². The average Bonchev–Trinajstić information content (AvgIpc) is 3.41. The van der Waals surface area contributed by atoms with Gasteiger partial charge in [0, 0.05) is 16.5 Å². The van der Waals surface area contributed by atoms with E-state index in [2.05, 4.69) is 46.2 Å². The monoisotopic (exact) mass is 1170 g/mol. The lowest BCUT2D eigenvalue weighted by molar-refractivity contribution is 0.0693. The fourth-order valence-electron chi connectivity index (χ4n) is 7.76. The highest BCUT2D eigenvalue weighted by Gasteiger charge is 2.26. The molecule has 0 saturated carbocycles. The van der Waals surface area contributed by atoms with Crippen molar-refractivity contribution in [1.29, 1.82) is 0 Å². The molecule has 8 aromatic carbocycles. The van der Waals surface area contributed by atoms with Crippen molar-refractivity contribution in [3.8, 4) is 17.2 Å². The Morgan fingerprint density at radius 1 is 0.475 bits per heavy atom. The highest BCUT2D eigenvalue weighted by Crippen LogP contribution is 2.43. The highest BCUT2D eigenvalue weighted by molar-refractivity contribution is 7.87. The largest absolute Gasteiger partial charge is 0.507 e. The number of carbonyl (C=O) groups is 1. The molecule has 8 aromatic rings. The highest BCUT2D eigenvalue weighted by atomic mass is 32.2.